The Morgan fingerprint density at radius 3 is 2.29 bits per heavy atom. The molecule has 1 aromatic carbocycles. The van der Waals surface area contributed by atoms with Crippen LogP contribution in [-0.4, -0.2) is 46.9 Å². The molecule has 9 nitrogen and oxygen atoms in total. The lowest BCUT2D eigenvalue weighted by Gasteiger charge is -2.34. The molecule has 4 rings (SSSR count). The summed E-state index contributed by atoms with van der Waals surface area (Å²) < 4.78 is 70.7. The van der Waals surface area contributed by atoms with E-state index in [1.54, 1.807) is 0 Å². The minimum atomic E-state index is -4.53. The second kappa shape index (κ2) is 9.38. The molecular weight excluding hydrogens is 487 g/mol. The average Bonchev–Trinajstić information content (AvgIpc) is 3.26. The second-order valence-electron chi connectivity index (χ2n) is 8.59. The molecule has 3 aromatic rings. The van der Waals surface area contributed by atoms with Crippen molar-refractivity contribution in [1.29, 1.82) is 0 Å². The Hall–Kier alpha value is -3.32. The third kappa shape index (κ3) is 5.51. The van der Waals surface area contributed by atoms with Gasteiger partial charge in [-0.15, -0.1) is 5.10 Å². The maximum absolute atomic E-state index is 13.0. The molecule has 13 heteroatoms. The van der Waals surface area contributed by atoms with Gasteiger partial charge in [-0.3, -0.25) is 15.1 Å². The van der Waals surface area contributed by atoms with Gasteiger partial charge >= 0.3 is 12.2 Å². The molecule has 0 aliphatic carbocycles. The van der Waals surface area contributed by atoms with Gasteiger partial charge in [-0.2, -0.15) is 17.5 Å². The largest absolute Gasteiger partial charge is 0.417 e. The van der Waals surface area contributed by atoms with E-state index < -0.39 is 27.7 Å². The number of nitrogens with one attached hydrogen (secondary N) is 1. The number of benzene rings is 1. The fourth-order valence-corrected chi connectivity index (χ4v) is 5.64. The Kier molecular flexibility index (Phi) is 6.64. The first-order chi connectivity index (χ1) is 16.4. The van der Waals surface area contributed by atoms with Crippen LogP contribution in [0.4, 0.5) is 19.2 Å². The van der Waals surface area contributed by atoms with Gasteiger partial charge in [0, 0.05) is 24.8 Å². The van der Waals surface area contributed by atoms with Crippen LogP contribution in [0, 0.1) is 11.8 Å². The van der Waals surface area contributed by atoms with Gasteiger partial charge in [-0.25, -0.2) is 8.42 Å². The molecule has 2 atom stereocenters. The summed E-state index contributed by atoms with van der Waals surface area (Å²) in [5, 5.41) is 9.69. The number of pyridine rings is 1. The number of hydrogen-bond acceptors (Lipinski definition) is 7. The van der Waals surface area contributed by atoms with Crippen molar-refractivity contribution >= 4 is 21.9 Å². The van der Waals surface area contributed by atoms with Crippen molar-refractivity contribution in [2.75, 3.05) is 18.4 Å². The van der Waals surface area contributed by atoms with Crippen LogP contribution in [-0.2, 0) is 16.2 Å². The molecule has 0 bridgehead atoms. The van der Waals surface area contributed by atoms with Crippen LogP contribution in [0.2, 0.25) is 0 Å². The number of hydrogen-bond donors (Lipinski definition) is 1. The van der Waals surface area contributed by atoms with E-state index >= 15 is 0 Å². The smallest absolute Gasteiger partial charge is 0.401 e. The molecule has 1 amide bonds. The van der Waals surface area contributed by atoms with Gasteiger partial charge in [0.15, 0.2) is 0 Å². The third-order valence-electron chi connectivity index (χ3n) is 5.55. The number of alkyl halides is 3. The first-order valence-electron chi connectivity index (χ1n) is 10.7. The minimum absolute atomic E-state index is 0.00177. The van der Waals surface area contributed by atoms with Crippen LogP contribution in [0.25, 0.3) is 11.6 Å². The Balaban J connectivity index is 1.43. The summed E-state index contributed by atoms with van der Waals surface area (Å²) >= 11 is 0. The number of sulfonamides is 1. The molecule has 1 N–H and O–H groups in total. The topological polar surface area (TPSA) is 118 Å². The van der Waals surface area contributed by atoms with Crippen molar-refractivity contribution in [1.82, 2.24) is 19.5 Å². The second-order valence-corrected chi connectivity index (χ2v) is 10.5. The third-order valence-corrected chi connectivity index (χ3v) is 7.39. The number of carbonyl (C=O) groups excluding carboxylic acids is 1. The van der Waals surface area contributed by atoms with Gasteiger partial charge in [-0.1, -0.05) is 18.9 Å². The molecule has 186 valence electrons. The lowest BCUT2D eigenvalue weighted by Crippen LogP contribution is -2.42. The van der Waals surface area contributed by atoms with Crippen LogP contribution < -0.4 is 5.32 Å². The number of rotatable bonds is 5. The van der Waals surface area contributed by atoms with Gasteiger partial charge in [0.05, 0.1) is 10.5 Å². The highest BCUT2D eigenvalue weighted by molar-refractivity contribution is 7.89. The number of nitrogens with zero attached hydrogens (tertiary/aromatic N) is 4. The molecule has 3 heterocycles. The normalized spacial score (nSPS) is 19.5. The number of carbonyl (C=O) groups is 1. The molecule has 1 saturated heterocycles. The summed E-state index contributed by atoms with van der Waals surface area (Å²) in [4.78, 5) is 16.3. The molecule has 0 unspecified atom stereocenters. The Bertz CT molecular complexity index is 1300. The lowest BCUT2D eigenvalue weighted by atomic mass is 9.94. The van der Waals surface area contributed by atoms with E-state index in [0.717, 1.165) is 18.6 Å². The molecule has 1 fully saturated rings. The van der Waals surface area contributed by atoms with Crippen LogP contribution in [0.5, 0.6) is 0 Å². The molecule has 2 aromatic heterocycles. The number of halogens is 3. The zero-order valence-corrected chi connectivity index (χ0v) is 19.6. The Labute approximate surface area is 199 Å². The molecule has 1 aliphatic rings. The quantitative estimate of drug-likeness (QED) is 0.551. The first kappa shape index (κ1) is 24.8. The summed E-state index contributed by atoms with van der Waals surface area (Å²) in [6.45, 7) is 4.93. The highest BCUT2D eigenvalue weighted by atomic mass is 32.2. The number of aromatic nitrogens is 3. The van der Waals surface area contributed by atoms with Crippen molar-refractivity contribution in [2.24, 2.45) is 11.8 Å². The van der Waals surface area contributed by atoms with E-state index in [-0.39, 0.29) is 39.9 Å². The molecule has 0 saturated carbocycles. The molecule has 0 radical (unpaired) electrons. The van der Waals surface area contributed by atoms with Crippen LogP contribution >= 0.6 is 0 Å². The van der Waals surface area contributed by atoms with Crippen molar-refractivity contribution in [2.45, 2.75) is 31.3 Å². The predicted octanol–water partition coefficient (Wildman–Crippen LogP) is 4.07. The Morgan fingerprint density at radius 1 is 1.06 bits per heavy atom. The van der Waals surface area contributed by atoms with Gasteiger partial charge in [0.2, 0.25) is 10.0 Å². The van der Waals surface area contributed by atoms with E-state index in [0.29, 0.717) is 19.3 Å². The number of piperidine rings is 1. The summed E-state index contributed by atoms with van der Waals surface area (Å²) in [6.07, 6.45) is -2.92. The Morgan fingerprint density at radius 2 is 1.71 bits per heavy atom. The number of anilines is 1. The van der Waals surface area contributed by atoms with E-state index in [1.165, 1.54) is 28.6 Å². The fraction of sp³-hybridized carbons (Fsp3) is 0.364. The van der Waals surface area contributed by atoms with Gasteiger partial charge in [-0.05, 0) is 54.7 Å². The molecular formula is C22H22F3N5O4S. The van der Waals surface area contributed by atoms with Gasteiger partial charge in [0.25, 0.3) is 11.8 Å². The van der Waals surface area contributed by atoms with Crippen molar-refractivity contribution < 1.29 is 30.8 Å². The van der Waals surface area contributed by atoms with Crippen LogP contribution in [0.1, 0.15) is 36.2 Å². The van der Waals surface area contributed by atoms with E-state index in [1.807, 2.05) is 13.8 Å². The summed E-state index contributed by atoms with van der Waals surface area (Å²) in [5.74, 6) is -0.295. The van der Waals surface area contributed by atoms with E-state index in [2.05, 4.69) is 20.5 Å². The van der Waals surface area contributed by atoms with Crippen molar-refractivity contribution in [3.8, 4) is 11.6 Å². The zero-order valence-electron chi connectivity index (χ0n) is 18.8. The maximum Gasteiger partial charge on any atom is 0.417 e. The molecule has 35 heavy (non-hydrogen) atoms. The maximum atomic E-state index is 13.0. The minimum Gasteiger partial charge on any atom is -0.401 e. The molecule has 1 aliphatic heterocycles. The van der Waals surface area contributed by atoms with Crippen LogP contribution in [0.3, 0.4) is 0 Å². The lowest BCUT2D eigenvalue weighted by molar-refractivity contribution is -0.137. The summed E-state index contributed by atoms with van der Waals surface area (Å²) in [7, 11) is -3.69. The predicted molar refractivity (Wildman–Crippen MR) is 119 cm³/mol. The summed E-state index contributed by atoms with van der Waals surface area (Å²) in [6, 6.07) is 7.07. The number of amides is 1. The SMILES string of the molecule is C[C@@H]1C[C@H](C)CN(S(=O)(=O)c2ccc(C(=O)Nc3nnc(-c4ccc(C(F)(F)F)cn4)o3)cc2)C1. The van der Waals surface area contributed by atoms with Crippen molar-refractivity contribution in [3.63, 3.8) is 0 Å². The highest BCUT2D eigenvalue weighted by Gasteiger charge is 2.32. The van der Waals surface area contributed by atoms with Gasteiger partial charge in [0.1, 0.15) is 5.69 Å². The highest BCUT2D eigenvalue weighted by Crippen LogP contribution is 2.30. The monoisotopic (exact) mass is 509 g/mol. The van der Waals surface area contributed by atoms with E-state index in [9.17, 15) is 26.4 Å². The van der Waals surface area contributed by atoms with E-state index in [4.69, 9.17) is 4.42 Å². The molecule has 0 spiro atoms. The fourth-order valence-electron chi connectivity index (χ4n) is 3.96. The van der Waals surface area contributed by atoms with Gasteiger partial charge < -0.3 is 4.42 Å². The van der Waals surface area contributed by atoms with Crippen LogP contribution in [0.15, 0.2) is 51.9 Å². The zero-order chi connectivity index (χ0) is 25.4. The standard InChI is InChI=1S/C22H22F3N5O4S/c1-13-9-14(2)12-30(11-13)35(32,33)17-6-3-15(4-7-17)19(31)27-21-29-28-20(34-21)18-8-5-16(10-26-18)22(23,24)25/h3-8,10,13-14H,9,11-12H2,1-2H3,(H,27,29,31)/t13-,14+. The first-order valence-corrected chi connectivity index (χ1v) is 12.2. The van der Waals surface area contributed by atoms with Crippen molar-refractivity contribution in [3.05, 3.63) is 53.7 Å². The average molecular weight is 510 g/mol. The summed E-state index contributed by atoms with van der Waals surface area (Å²) in [5.41, 5.74) is -0.775.